The van der Waals surface area contributed by atoms with Gasteiger partial charge in [0.25, 0.3) is 5.91 Å². The number of amides is 2. The molecule has 0 radical (unpaired) electrons. The molecule has 0 aromatic heterocycles. The number of carbonyl (C=O) groups excluding carboxylic acids is 2. The number of anilines is 1. The molecule has 0 fully saturated rings. The van der Waals surface area contributed by atoms with E-state index >= 15 is 0 Å². The fourth-order valence-electron chi connectivity index (χ4n) is 2.07. The average Bonchev–Trinajstić information content (AvgIpc) is 2.54. The molecule has 0 bridgehead atoms. The minimum Gasteiger partial charge on any atom is -0.351 e. The Morgan fingerprint density at radius 2 is 1.69 bits per heavy atom. The van der Waals surface area contributed by atoms with Crippen LogP contribution in [-0.4, -0.2) is 33.0 Å². The van der Waals surface area contributed by atoms with Crippen LogP contribution in [0.25, 0.3) is 0 Å². The van der Waals surface area contributed by atoms with Crippen molar-refractivity contribution in [3.8, 4) is 0 Å². The summed E-state index contributed by atoms with van der Waals surface area (Å²) in [5, 5.41) is 4.91. The minimum atomic E-state index is -3.32. The molecule has 9 heteroatoms. The molecule has 0 aliphatic carbocycles. The van der Waals surface area contributed by atoms with Gasteiger partial charge in [0, 0.05) is 31.0 Å². The zero-order chi connectivity index (χ0) is 19.3. The van der Waals surface area contributed by atoms with Crippen molar-refractivity contribution >= 4 is 27.3 Å². The van der Waals surface area contributed by atoms with Crippen LogP contribution in [0.2, 0.25) is 0 Å². The molecule has 0 aliphatic rings. The van der Waals surface area contributed by atoms with Crippen molar-refractivity contribution in [3.63, 3.8) is 0 Å². The SMILES string of the molecule is CS(=O)(=O)c1ccc(NC(=O)CCNC(=O)c2ccc(F)cc2F)cc1. The van der Waals surface area contributed by atoms with Gasteiger partial charge in [-0.3, -0.25) is 9.59 Å². The predicted octanol–water partition coefficient (Wildman–Crippen LogP) is 2.13. The minimum absolute atomic E-state index is 0.0527. The summed E-state index contributed by atoms with van der Waals surface area (Å²) in [7, 11) is -3.32. The first-order valence-electron chi connectivity index (χ1n) is 7.50. The summed E-state index contributed by atoms with van der Waals surface area (Å²) in [5.74, 6) is -2.96. The van der Waals surface area contributed by atoms with Gasteiger partial charge in [0.2, 0.25) is 5.91 Å². The highest BCUT2D eigenvalue weighted by Gasteiger charge is 2.13. The third-order valence-corrected chi connectivity index (χ3v) is 4.51. The van der Waals surface area contributed by atoms with Crippen molar-refractivity contribution in [1.82, 2.24) is 5.32 Å². The fourth-order valence-corrected chi connectivity index (χ4v) is 2.70. The Kier molecular flexibility index (Phi) is 6.04. The molecule has 2 N–H and O–H groups in total. The van der Waals surface area contributed by atoms with E-state index in [1.54, 1.807) is 0 Å². The van der Waals surface area contributed by atoms with E-state index in [4.69, 9.17) is 0 Å². The molecule has 0 atom stereocenters. The molecular formula is C17H16F2N2O4S. The molecule has 2 amide bonds. The molecule has 26 heavy (non-hydrogen) atoms. The Morgan fingerprint density at radius 3 is 2.27 bits per heavy atom. The molecular weight excluding hydrogens is 366 g/mol. The number of sulfone groups is 1. The zero-order valence-electron chi connectivity index (χ0n) is 13.8. The van der Waals surface area contributed by atoms with Gasteiger partial charge in [0.05, 0.1) is 10.5 Å². The van der Waals surface area contributed by atoms with E-state index < -0.39 is 33.3 Å². The number of hydrogen-bond donors (Lipinski definition) is 2. The molecule has 138 valence electrons. The Hall–Kier alpha value is -2.81. The maximum atomic E-state index is 13.5. The van der Waals surface area contributed by atoms with Crippen LogP contribution < -0.4 is 10.6 Å². The van der Waals surface area contributed by atoms with Gasteiger partial charge in [-0.1, -0.05) is 0 Å². The summed E-state index contributed by atoms with van der Waals surface area (Å²) in [5.41, 5.74) is 0.0847. The summed E-state index contributed by atoms with van der Waals surface area (Å²) in [6.45, 7) is -0.0527. The van der Waals surface area contributed by atoms with Crippen LogP contribution in [0.4, 0.5) is 14.5 Å². The number of nitrogens with one attached hydrogen (secondary N) is 2. The lowest BCUT2D eigenvalue weighted by Crippen LogP contribution is -2.28. The maximum Gasteiger partial charge on any atom is 0.254 e. The summed E-state index contributed by atoms with van der Waals surface area (Å²) in [4.78, 5) is 23.7. The van der Waals surface area contributed by atoms with E-state index in [0.717, 1.165) is 18.4 Å². The van der Waals surface area contributed by atoms with Gasteiger partial charge >= 0.3 is 0 Å². The molecule has 2 rings (SSSR count). The van der Waals surface area contributed by atoms with Gasteiger partial charge in [0.15, 0.2) is 9.84 Å². The van der Waals surface area contributed by atoms with Gasteiger partial charge in [-0.25, -0.2) is 17.2 Å². The van der Waals surface area contributed by atoms with Gasteiger partial charge in [-0.15, -0.1) is 0 Å². The van der Waals surface area contributed by atoms with Crippen molar-refractivity contribution in [3.05, 3.63) is 59.7 Å². The Labute approximate surface area is 149 Å². The first-order chi connectivity index (χ1) is 12.2. The molecule has 0 spiro atoms. The van der Waals surface area contributed by atoms with Crippen molar-refractivity contribution < 1.29 is 26.8 Å². The number of carbonyl (C=O) groups is 2. The standard InChI is InChI=1S/C17H16F2N2O4S/c1-26(24,25)13-5-3-12(4-6-13)21-16(22)8-9-20-17(23)14-7-2-11(18)10-15(14)19/h2-7,10H,8-9H2,1H3,(H,20,23)(H,21,22). The lowest BCUT2D eigenvalue weighted by molar-refractivity contribution is -0.116. The number of rotatable bonds is 6. The topological polar surface area (TPSA) is 92.3 Å². The monoisotopic (exact) mass is 382 g/mol. The summed E-state index contributed by atoms with van der Waals surface area (Å²) in [6.07, 6.45) is 0.996. The highest BCUT2D eigenvalue weighted by atomic mass is 32.2. The van der Waals surface area contributed by atoms with Crippen molar-refractivity contribution in [2.45, 2.75) is 11.3 Å². The lowest BCUT2D eigenvalue weighted by Gasteiger charge is -2.08. The van der Waals surface area contributed by atoms with E-state index in [9.17, 15) is 26.8 Å². The summed E-state index contributed by atoms with van der Waals surface area (Å²) in [6, 6.07) is 8.20. The van der Waals surface area contributed by atoms with Crippen LogP contribution in [0.3, 0.4) is 0 Å². The molecule has 2 aromatic carbocycles. The Morgan fingerprint density at radius 1 is 1.04 bits per heavy atom. The van der Waals surface area contributed by atoms with Crippen LogP contribution in [0.15, 0.2) is 47.4 Å². The van der Waals surface area contributed by atoms with E-state index in [-0.39, 0.29) is 23.4 Å². The maximum absolute atomic E-state index is 13.5. The number of halogens is 2. The smallest absolute Gasteiger partial charge is 0.254 e. The van der Waals surface area contributed by atoms with E-state index in [0.29, 0.717) is 11.8 Å². The molecule has 0 saturated carbocycles. The second-order valence-corrected chi connectivity index (χ2v) is 7.49. The largest absolute Gasteiger partial charge is 0.351 e. The summed E-state index contributed by atoms with van der Waals surface area (Å²) < 4.78 is 49.0. The quantitative estimate of drug-likeness (QED) is 0.801. The van der Waals surface area contributed by atoms with Crippen molar-refractivity contribution in [2.75, 3.05) is 18.1 Å². The number of hydrogen-bond acceptors (Lipinski definition) is 4. The number of benzene rings is 2. The Bertz CT molecular complexity index is 928. The van der Waals surface area contributed by atoms with Crippen LogP contribution in [0, 0.1) is 11.6 Å². The van der Waals surface area contributed by atoms with Crippen LogP contribution in [0.1, 0.15) is 16.8 Å². The van der Waals surface area contributed by atoms with Gasteiger partial charge in [0.1, 0.15) is 11.6 Å². The molecule has 0 saturated heterocycles. The van der Waals surface area contributed by atoms with Crippen molar-refractivity contribution in [1.29, 1.82) is 0 Å². The van der Waals surface area contributed by atoms with Crippen LogP contribution >= 0.6 is 0 Å². The highest BCUT2D eigenvalue weighted by Crippen LogP contribution is 2.14. The Balaban J connectivity index is 1.84. The van der Waals surface area contributed by atoms with E-state index in [2.05, 4.69) is 10.6 Å². The molecule has 0 heterocycles. The fraction of sp³-hybridized carbons (Fsp3) is 0.176. The third-order valence-electron chi connectivity index (χ3n) is 3.38. The van der Waals surface area contributed by atoms with Crippen molar-refractivity contribution in [2.24, 2.45) is 0 Å². The average molecular weight is 382 g/mol. The van der Waals surface area contributed by atoms with Gasteiger partial charge in [-0.05, 0) is 36.4 Å². The van der Waals surface area contributed by atoms with E-state index in [1.165, 1.54) is 24.3 Å². The first kappa shape index (κ1) is 19.5. The van der Waals surface area contributed by atoms with Gasteiger partial charge < -0.3 is 10.6 Å². The highest BCUT2D eigenvalue weighted by molar-refractivity contribution is 7.90. The lowest BCUT2D eigenvalue weighted by atomic mass is 10.2. The van der Waals surface area contributed by atoms with E-state index in [1.807, 2.05) is 0 Å². The molecule has 0 aliphatic heterocycles. The zero-order valence-corrected chi connectivity index (χ0v) is 14.6. The molecule has 2 aromatic rings. The first-order valence-corrected chi connectivity index (χ1v) is 9.39. The normalized spacial score (nSPS) is 11.0. The van der Waals surface area contributed by atoms with Gasteiger partial charge in [-0.2, -0.15) is 0 Å². The molecule has 6 nitrogen and oxygen atoms in total. The van der Waals surface area contributed by atoms with Crippen LogP contribution in [-0.2, 0) is 14.6 Å². The molecule has 0 unspecified atom stereocenters. The third kappa shape index (κ3) is 5.35. The summed E-state index contributed by atoms with van der Waals surface area (Å²) >= 11 is 0. The second-order valence-electron chi connectivity index (χ2n) is 5.47. The predicted molar refractivity (Wildman–Crippen MR) is 91.5 cm³/mol. The second kappa shape index (κ2) is 8.05. The van der Waals surface area contributed by atoms with Crippen LogP contribution in [0.5, 0.6) is 0 Å².